The van der Waals surface area contributed by atoms with Crippen LogP contribution < -0.4 is 0 Å². The molecule has 4 amide bonds. The third-order valence-electron chi connectivity index (χ3n) is 8.51. The molecule has 2 atom stereocenters. The summed E-state index contributed by atoms with van der Waals surface area (Å²) >= 11 is 24.5. The molecule has 0 aliphatic carbocycles. The average molecular weight is 901 g/mol. The van der Waals surface area contributed by atoms with Gasteiger partial charge in [-0.3, -0.25) is 19.4 Å². The minimum absolute atomic E-state index is 0. The highest BCUT2D eigenvalue weighted by molar-refractivity contribution is 7.59. The third kappa shape index (κ3) is 15.5. The van der Waals surface area contributed by atoms with Crippen LogP contribution in [0, 0.1) is 0 Å². The third-order valence-corrected chi connectivity index (χ3v) is 9.99. The number of ether oxygens (including phenoxy) is 2. The van der Waals surface area contributed by atoms with E-state index in [1.165, 1.54) is 35.6 Å². The van der Waals surface area contributed by atoms with Gasteiger partial charge in [0.1, 0.15) is 17.5 Å². The van der Waals surface area contributed by atoms with Gasteiger partial charge in [-0.25, -0.2) is 9.59 Å². The van der Waals surface area contributed by atoms with Gasteiger partial charge in [0.2, 0.25) is 11.8 Å². The van der Waals surface area contributed by atoms with E-state index in [1.807, 2.05) is 0 Å². The van der Waals surface area contributed by atoms with Gasteiger partial charge in [-0.1, -0.05) is 64.6 Å². The predicted octanol–water partition coefficient (Wildman–Crippen LogP) is 9.46. The maximum atomic E-state index is 12.9. The SMILES string of the molecule is C=CC[C@@](CN(C)C(C)=O)(c1ccc(Cl)c(Cl)c1)N(C)C(=O)OC(C)(C)C.CC(=O)N(C)C[C@](CC=O)(c1ccc(Cl)c(Cl)c1)N(C)C(=O)OC(C)(C)C.S.S. The fourth-order valence-corrected chi connectivity index (χ4v) is 5.98. The van der Waals surface area contributed by atoms with Gasteiger partial charge in [0.15, 0.2) is 0 Å². The molecule has 17 heteroatoms. The summed E-state index contributed by atoms with van der Waals surface area (Å²) < 4.78 is 11.0. The second kappa shape index (κ2) is 23.0. The first-order valence-corrected chi connectivity index (χ1v) is 18.5. The van der Waals surface area contributed by atoms with Gasteiger partial charge in [-0.05, 0) is 83.4 Å². The molecule has 0 aromatic heterocycles. The summed E-state index contributed by atoms with van der Waals surface area (Å²) in [4.78, 5) is 66.8. The van der Waals surface area contributed by atoms with Crippen molar-refractivity contribution in [2.75, 3.05) is 41.3 Å². The lowest BCUT2D eigenvalue weighted by molar-refractivity contribution is -0.130. The molecule has 0 N–H and O–H groups in total. The molecule has 11 nitrogen and oxygen atoms in total. The first-order chi connectivity index (χ1) is 24.7. The van der Waals surface area contributed by atoms with Crippen molar-refractivity contribution in [1.82, 2.24) is 19.6 Å². The van der Waals surface area contributed by atoms with E-state index in [4.69, 9.17) is 55.9 Å². The van der Waals surface area contributed by atoms with Crippen molar-refractivity contribution in [1.29, 1.82) is 0 Å². The standard InChI is InChI=1S/C20H28Cl2N2O3.C19H26Cl2N2O4.2H2S/c1-8-11-20(13-23(6)14(2)25,15-9-10-16(21)17(22)12-15)24(7)18(26)27-19(3,4)5;1-13(25)22(5)12-19(9-10-24,14-7-8-15(20)16(21)11-14)23(6)17(26)27-18(2,3)4;;/h8-10,12H,1,11,13H2,2-7H3;7-8,10-11H,9,12H2,1-6H3;2*1H2/t20-;19-;;/m11../s1. The number of rotatable bonds is 12. The summed E-state index contributed by atoms with van der Waals surface area (Å²) in [7, 11) is 6.46. The van der Waals surface area contributed by atoms with Crippen molar-refractivity contribution in [3.8, 4) is 0 Å². The topological polar surface area (TPSA) is 117 Å². The summed E-state index contributed by atoms with van der Waals surface area (Å²) in [5, 5.41) is 1.41. The molecule has 0 saturated carbocycles. The summed E-state index contributed by atoms with van der Waals surface area (Å²) in [6.45, 7) is 17.7. The van der Waals surface area contributed by atoms with Crippen LogP contribution in [-0.2, 0) is 34.9 Å². The van der Waals surface area contributed by atoms with E-state index < -0.39 is 34.5 Å². The van der Waals surface area contributed by atoms with Crippen molar-refractivity contribution < 1.29 is 33.4 Å². The van der Waals surface area contributed by atoms with E-state index in [-0.39, 0.29) is 63.3 Å². The Morgan fingerprint density at radius 3 is 1.20 bits per heavy atom. The van der Waals surface area contributed by atoms with Crippen molar-refractivity contribution >= 4 is 104 Å². The number of nitrogens with zero attached hydrogens (tertiary/aromatic N) is 4. The Hall–Kier alpha value is -2.81. The van der Waals surface area contributed by atoms with Crippen LogP contribution in [0.15, 0.2) is 49.1 Å². The summed E-state index contributed by atoms with van der Waals surface area (Å²) in [5.41, 5.74) is -2.15. The average Bonchev–Trinajstić information content (AvgIpc) is 3.04. The summed E-state index contributed by atoms with van der Waals surface area (Å²) in [5.74, 6) is -0.330. The van der Waals surface area contributed by atoms with Gasteiger partial charge < -0.3 is 24.1 Å². The Balaban J connectivity index is 0. The molecule has 0 saturated heterocycles. The Morgan fingerprint density at radius 1 is 0.625 bits per heavy atom. The molecule has 316 valence electrons. The Labute approximate surface area is 366 Å². The molecular formula is C39H58Cl4N4O7S2. The van der Waals surface area contributed by atoms with Gasteiger partial charge in [0.05, 0.1) is 31.2 Å². The van der Waals surface area contributed by atoms with Gasteiger partial charge in [0, 0.05) is 61.5 Å². The normalized spacial score (nSPS) is 13.0. The van der Waals surface area contributed by atoms with E-state index >= 15 is 0 Å². The number of hydrogen-bond donors (Lipinski definition) is 0. The molecule has 0 aliphatic heterocycles. The molecular weight excluding hydrogens is 842 g/mol. The number of carbonyl (C=O) groups is 5. The van der Waals surface area contributed by atoms with Crippen LogP contribution in [0.25, 0.3) is 0 Å². The molecule has 0 spiro atoms. The fourth-order valence-electron chi connectivity index (χ4n) is 5.39. The van der Waals surface area contributed by atoms with Crippen molar-refractivity contribution in [3.63, 3.8) is 0 Å². The molecule has 2 aromatic carbocycles. The molecule has 0 heterocycles. The number of aldehydes is 1. The van der Waals surface area contributed by atoms with Crippen LogP contribution in [0.1, 0.15) is 79.4 Å². The second-order valence-electron chi connectivity index (χ2n) is 15.0. The maximum Gasteiger partial charge on any atom is 0.410 e. The first-order valence-electron chi connectivity index (χ1n) is 17.0. The van der Waals surface area contributed by atoms with Crippen LogP contribution in [0.2, 0.25) is 20.1 Å². The number of hydrogen-bond acceptors (Lipinski definition) is 7. The van der Waals surface area contributed by atoms with Crippen molar-refractivity contribution in [3.05, 3.63) is 80.3 Å². The van der Waals surface area contributed by atoms with E-state index in [1.54, 1.807) is 110 Å². The maximum absolute atomic E-state index is 12.9. The lowest BCUT2D eigenvalue weighted by Gasteiger charge is -2.44. The molecule has 56 heavy (non-hydrogen) atoms. The zero-order chi connectivity index (χ0) is 42.0. The smallest absolute Gasteiger partial charge is 0.410 e. The van der Waals surface area contributed by atoms with Crippen molar-refractivity contribution in [2.45, 2.75) is 90.5 Å². The van der Waals surface area contributed by atoms with Crippen LogP contribution in [0.4, 0.5) is 9.59 Å². The zero-order valence-electron chi connectivity index (χ0n) is 34.3. The van der Waals surface area contributed by atoms with Gasteiger partial charge in [-0.15, -0.1) is 6.58 Å². The molecule has 0 radical (unpaired) electrons. The molecule has 0 bridgehead atoms. The van der Waals surface area contributed by atoms with E-state index in [2.05, 4.69) is 6.58 Å². The van der Waals surface area contributed by atoms with E-state index in [0.717, 1.165) is 5.56 Å². The Bertz CT molecular complexity index is 1570. The van der Waals surface area contributed by atoms with Crippen LogP contribution >= 0.6 is 73.4 Å². The molecule has 0 unspecified atom stereocenters. The minimum atomic E-state index is -1.17. The van der Waals surface area contributed by atoms with E-state index in [9.17, 15) is 24.0 Å². The fraction of sp³-hybridized carbons (Fsp3) is 0.513. The second-order valence-corrected chi connectivity index (χ2v) is 16.6. The van der Waals surface area contributed by atoms with Crippen LogP contribution in [-0.4, -0.2) is 102 Å². The van der Waals surface area contributed by atoms with Gasteiger partial charge >= 0.3 is 12.2 Å². The van der Waals surface area contributed by atoms with Crippen LogP contribution in [0.5, 0.6) is 0 Å². The van der Waals surface area contributed by atoms with Gasteiger partial charge in [0.25, 0.3) is 0 Å². The minimum Gasteiger partial charge on any atom is -0.444 e. The largest absolute Gasteiger partial charge is 0.444 e. The van der Waals surface area contributed by atoms with Gasteiger partial charge in [-0.2, -0.15) is 27.0 Å². The zero-order valence-corrected chi connectivity index (χ0v) is 39.3. The first kappa shape index (κ1) is 55.3. The lowest BCUT2D eigenvalue weighted by Crippen LogP contribution is -2.55. The molecule has 0 fully saturated rings. The number of carbonyl (C=O) groups excluding carboxylic acids is 5. The monoisotopic (exact) mass is 898 g/mol. The van der Waals surface area contributed by atoms with E-state index in [0.29, 0.717) is 33.3 Å². The summed E-state index contributed by atoms with van der Waals surface area (Å²) in [6.07, 6.45) is 1.62. The number of halogens is 4. The number of likely N-dealkylation sites (N-methyl/N-ethyl adjacent to an activating group) is 4. The number of amides is 4. The highest BCUT2D eigenvalue weighted by Crippen LogP contribution is 2.38. The van der Waals surface area contributed by atoms with Crippen molar-refractivity contribution in [2.24, 2.45) is 0 Å². The Morgan fingerprint density at radius 2 is 0.946 bits per heavy atom. The molecule has 0 aliphatic rings. The quantitative estimate of drug-likeness (QED) is 0.154. The highest BCUT2D eigenvalue weighted by Gasteiger charge is 2.44. The Kier molecular flexibility index (Phi) is 22.7. The number of benzene rings is 2. The van der Waals surface area contributed by atoms with Crippen LogP contribution in [0.3, 0.4) is 0 Å². The molecule has 2 rings (SSSR count). The predicted molar refractivity (Wildman–Crippen MR) is 237 cm³/mol. The highest BCUT2D eigenvalue weighted by atomic mass is 35.5. The lowest BCUT2D eigenvalue weighted by atomic mass is 9.84. The molecule has 2 aromatic rings. The summed E-state index contributed by atoms with van der Waals surface area (Å²) in [6, 6.07) is 10.1.